The second-order valence-corrected chi connectivity index (χ2v) is 11.6. The van der Waals surface area contributed by atoms with Gasteiger partial charge in [0.05, 0.1) is 6.61 Å². The quantitative estimate of drug-likeness (QED) is 0.283. The molecule has 9 nitrogen and oxygen atoms in total. The van der Waals surface area contributed by atoms with E-state index in [4.69, 9.17) is 35.6 Å². The Morgan fingerprint density at radius 2 is 1.82 bits per heavy atom. The highest BCUT2D eigenvalue weighted by Gasteiger charge is 2.75. The van der Waals surface area contributed by atoms with Crippen LogP contribution in [0.5, 0.6) is 5.75 Å². The zero-order valence-electron chi connectivity index (χ0n) is 21.3. The number of hydrogen-bond acceptors (Lipinski definition) is 9. The summed E-state index contributed by atoms with van der Waals surface area (Å²) in [4.78, 5) is 11.4. The van der Waals surface area contributed by atoms with E-state index in [0.717, 1.165) is 12.8 Å². The topological polar surface area (TPSA) is 127 Å². The molecule has 0 amide bonds. The van der Waals surface area contributed by atoms with Gasteiger partial charge < -0.3 is 34.6 Å². The van der Waals surface area contributed by atoms with Gasteiger partial charge >= 0.3 is 6.18 Å². The predicted octanol–water partition coefficient (Wildman–Crippen LogP) is 2.75. The number of aliphatic hydroxyl groups excluding tert-OH is 4. The van der Waals surface area contributed by atoms with Gasteiger partial charge in [-0.05, 0) is 55.6 Å². The summed E-state index contributed by atoms with van der Waals surface area (Å²) in [5.41, 5.74) is -1.01. The molecular formula is C26H34ClF3O9. The van der Waals surface area contributed by atoms with E-state index in [9.17, 15) is 33.6 Å². The lowest BCUT2D eigenvalue weighted by atomic mass is 9.54. The van der Waals surface area contributed by atoms with Crippen LogP contribution >= 0.6 is 11.6 Å². The molecule has 0 radical (unpaired) electrons. The Morgan fingerprint density at radius 1 is 1.05 bits per heavy atom. The lowest BCUT2D eigenvalue weighted by Crippen LogP contribution is -2.75. The van der Waals surface area contributed by atoms with Gasteiger partial charge in [0.2, 0.25) is 6.29 Å². The Balaban J connectivity index is 1.50. The summed E-state index contributed by atoms with van der Waals surface area (Å²) < 4.78 is 57.3. The van der Waals surface area contributed by atoms with Crippen molar-refractivity contribution >= 4 is 11.6 Å². The third-order valence-electron chi connectivity index (χ3n) is 8.64. The van der Waals surface area contributed by atoms with Crippen molar-refractivity contribution < 1.29 is 57.6 Å². The lowest BCUT2D eigenvalue weighted by molar-refractivity contribution is -0.646. The molecule has 2 aliphatic carbocycles. The fourth-order valence-corrected chi connectivity index (χ4v) is 7.39. The van der Waals surface area contributed by atoms with Crippen molar-refractivity contribution in [3.05, 3.63) is 29.8 Å². The highest BCUT2D eigenvalue weighted by Crippen LogP contribution is 2.65. The Morgan fingerprint density at radius 3 is 2.46 bits per heavy atom. The van der Waals surface area contributed by atoms with Crippen LogP contribution in [0.15, 0.2) is 24.3 Å². The number of benzene rings is 1. The molecule has 2 heterocycles. The summed E-state index contributed by atoms with van der Waals surface area (Å²) in [5, 5.41) is 39.8. The number of aliphatic hydroxyl groups is 4. The molecule has 2 bridgehead atoms. The van der Waals surface area contributed by atoms with Crippen molar-refractivity contribution in [1.82, 2.24) is 0 Å². The SMILES string of the molecule is CCC1CC2CC(Cl)CC(C2)C12OOC2(OCC(F)(F)F)c1cccc(O[C@@H]2O[C@H](CO)[C@H](O)[C@H](O)[C@H]2O)c1. The fourth-order valence-electron chi connectivity index (χ4n) is 6.92. The number of rotatable bonds is 7. The molecule has 4 aliphatic rings. The van der Waals surface area contributed by atoms with Crippen LogP contribution in [0.25, 0.3) is 0 Å². The van der Waals surface area contributed by atoms with Crippen LogP contribution in [0.4, 0.5) is 13.2 Å². The van der Waals surface area contributed by atoms with Gasteiger partial charge in [-0.1, -0.05) is 25.5 Å². The standard InChI is InChI=1S/C26H34ClF3O9/c1-2-14-6-13-7-16(9-17(27)8-13)25(14)26(39-38-25,35-12-24(28,29)30)15-4-3-5-18(10-15)36-23-22(34)21(33)20(32)19(11-31)37-23/h3-5,10,13-14,16-17,19-23,31-34H,2,6-9,11-12H2,1H3/t13?,14?,16?,17?,19-,20+,21+,22-,23-,25?,26?/m1/s1. The van der Waals surface area contributed by atoms with Crippen LogP contribution in [-0.2, 0) is 25.0 Å². The molecule has 13 heteroatoms. The minimum Gasteiger partial charge on any atom is -0.462 e. The summed E-state index contributed by atoms with van der Waals surface area (Å²) in [6.45, 7) is -0.261. The molecule has 2 aliphatic heterocycles. The summed E-state index contributed by atoms with van der Waals surface area (Å²) in [6, 6.07) is 5.99. The smallest absolute Gasteiger partial charge is 0.411 e. The first-order valence-electron chi connectivity index (χ1n) is 13.2. The van der Waals surface area contributed by atoms with E-state index in [1.807, 2.05) is 6.92 Å². The van der Waals surface area contributed by atoms with E-state index >= 15 is 0 Å². The third-order valence-corrected chi connectivity index (χ3v) is 8.99. The Hall–Kier alpha value is -1.22. The molecule has 5 rings (SSSR count). The number of ether oxygens (including phenoxy) is 3. The van der Waals surface area contributed by atoms with Crippen LogP contribution in [0.1, 0.15) is 44.6 Å². The van der Waals surface area contributed by atoms with E-state index in [-0.39, 0.29) is 28.5 Å². The first-order chi connectivity index (χ1) is 18.4. The summed E-state index contributed by atoms with van der Waals surface area (Å²) in [5.74, 6) is -1.90. The highest BCUT2D eigenvalue weighted by atomic mass is 35.5. The molecule has 11 atom stereocenters. The minimum atomic E-state index is -4.64. The lowest BCUT2D eigenvalue weighted by Gasteiger charge is -2.65. The van der Waals surface area contributed by atoms with Crippen molar-refractivity contribution in [2.45, 2.75) is 92.7 Å². The van der Waals surface area contributed by atoms with Crippen LogP contribution in [-0.4, -0.2) is 81.5 Å². The van der Waals surface area contributed by atoms with E-state index < -0.39 is 61.5 Å². The molecule has 220 valence electrons. The average molecular weight is 583 g/mol. The highest BCUT2D eigenvalue weighted by molar-refractivity contribution is 6.20. The van der Waals surface area contributed by atoms with Gasteiger partial charge in [0, 0.05) is 10.9 Å². The van der Waals surface area contributed by atoms with Crippen LogP contribution in [0.2, 0.25) is 0 Å². The molecule has 39 heavy (non-hydrogen) atoms. The molecule has 4 fully saturated rings. The zero-order chi connectivity index (χ0) is 28.2. The van der Waals surface area contributed by atoms with Crippen molar-refractivity contribution in [2.75, 3.05) is 13.2 Å². The molecule has 2 saturated heterocycles. The Kier molecular flexibility index (Phi) is 8.17. The maximum Gasteiger partial charge on any atom is 0.411 e. The van der Waals surface area contributed by atoms with Gasteiger partial charge in [-0.2, -0.15) is 18.1 Å². The molecule has 1 spiro atoms. The van der Waals surface area contributed by atoms with Gasteiger partial charge in [0.1, 0.15) is 36.8 Å². The van der Waals surface area contributed by atoms with Gasteiger partial charge in [0.15, 0.2) is 5.60 Å². The van der Waals surface area contributed by atoms with E-state index in [1.165, 1.54) is 18.2 Å². The summed E-state index contributed by atoms with van der Waals surface area (Å²) in [6.07, 6.45) is -8.78. The van der Waals surface area contributed by atoms with E-state index in [0.29, 0.717) is 25.2 Å². The minimum absolute atomic E-state index is 0.0676. The maximum atomic E-state index is 13.5. The first-order valence-corrected chi connectivity index (χ1v) is 13.7. The molecule has 2 saturated carbocycles. The molecule has 0 aromatic heterocycles. The van der Waals surface area contributed by atoms with Crippen LogP contribution in [0.3, 0.4) is 0 Å². The Bertz CT molecular complexity index is 1010. The van der Waals surface area contributed by atoms with E-state index in [2.05, 4.69) is 0 Å². The number of alkyl halides is 4. The van der Waals surface area contributed by atoms with Crippen molar-refractivity contribution in [2.24, 2.45) is 17.8 Å². The third kappa shape index (κ3) is 5.06. The van der Waals surface area contributed by atoms with Crippen LogP contribution in [0, 0.1) is 17.8 Å². The fraction of sp³-hybridized carbons (Fsp3) is 0.769. The van der Waals surface area contributed by atoms with E-state index in [1.54, 1.807) is 6.07 Å². The molecule has 4 N–H and O–H groups in total. The zero-order valence-corrected chi connectivity index (χ0v) is 22.1. The Labute approximate surface area is 228 Å². The van der Waals surface area contributed by atoms with Crippen molar-refractivity contribution in [1.29, 1.82) is 0 Å². The maximum absolute atomic E-state index is 13.5. The van der Waals surface area contributed by atoms with Crippen molar-refractivity contribution in [3.8, 4) is 5.75 Å². The number of hydrogen-bond donors (Lipinski definition) is 4. The average Bonchev–Trinajstić information content (AvgIpc) is 2.87. The van der Waals surface area contributed by atoms with Gasteiger partial charge in [-0.15, -0.1) is 11.6 Å². The van der Waals surface area contributed by atoms with Gasteiger partial charge in [0.25, 0.3) is 5.79 Å². The molecule has 1 aromatic rings. The number of fused-ring (bicyclic) bond motifs is 3. The van der Waals surface area contributed by atoms with Gasteiger partial charge in [-0.3, -0.25) is 0 Å². The second-order valence-electron chi connectivity index (χ2n) is 11.0. The molecule has 1 aromatic carbocycles. The normalized spacial score (nSPS) is 44.2. The largest absolute Gasteiger partial charge is 0.462 e. The van der Waals surface area contributed by atoms with Crippen LogP contribution < -0.4 is 4.74 Å². The summed E-state index contributed by atoms with van der Waals surface area (Å²) in [7, 11) is 0. The predicted molar refractivity (Wildman–Crippen MR) is 128 cm³/mol. The second kappa shape index (κ2) is 10.9. The van der Waals surface area contributed by atoms with Gasteiger partial charge in [-0.25, -0.2) is 4.89 Å². The summed E-state index contributed by atoms with van der Waals surface area (Å²) >= 11 is 6.57. The number of halogens is 4. The monoisotopic (exact) mass is 582 g/mol. The van der Waals surface area contributed by atoms with Crippen molar-refractivity contribution in [3.63, 3.8) is 0 Å². The molecular weight excluding hydrogens is 549 g/mol. The molecule has 6 unspecified atom stereocenters. The first kappa shape index (κ1) is 29.3.